The van der Waals surface area contributed by atoms with Crippen LogP contribution in [0.4, 0.5) is 0 Å². The zero-order valence-electron chi connectivity index (χ0n) is 11.5. The summed E-state index contributed by atoms with van der Waals surface area (Å²) < 4.78 is 10.8. The lowest BCUT2D eigenvalue weighted by Crippen LogP contribution is -2.25. The molecule has 0 saturated heterocycles. The molecule has 1 aromatic rings. The largest absolute Gasteiger partial charge is 0.488 e. The number of ether oxygens (including phenoxy) is 2. The summed E-state index contributed by atoms with van der Waals surface area (Å²) in [5.41, 5.74) is 1.18. The molecule has 2 N–H and O–H groups in total. The molecule has 0 aliphatic heterocycles. The van der Waals surface area contributed by atoms with Gasteiger partial charge in [0.05, 0.1) is 12.7 Å². The number of rotatable bonds is 7. The van der Waals surface area contributed by atoms with E-state index < -0.39 is 0 Å². The smallest absolute Gasteiger partial charge is 0.124 e. The molecular formula is C15H23NO3. The third kappa shape index (κ3) is 4.49. The Morgan fingerprint density at radius 2 is 2.26 bits per heavy atom. The van der Waals surface area contributed by atoms with E-state index >= 15 is 0 Å². The van der Waals surface area contributed by atoms with Gasteiger partial charge in [0.2, 0.25) is 0 Å². The molecule has 1 aliphatic rings. The van der Waals surface area contributed by atoms with Crippen molar-refractivity contribution in [1.82, 2.24) is 5.32 Å². The van der Waals surface area contributed by atoms with E-state index in [0.717, 1.165) is 38.1 Å². The van der Waals surface area contributed by atoms with Crippen LogP contribution in [0.1, 0.15) is 24.8 Å². The third-order valence-electron chi connectivity index (χ3n) is 3.42. The van der Waals surface area contributed by atoms with Gasteiger partial charge in [-0.15, -0.1) is 0 Å². The summed E-state index contributed by atoms with van der Waals surface area (Å²) in [6, 6.07) is 8.04. The van der Waals surface area contributed by atoms with Crippen molar-refractivity contribution in [3.63, 3.8) is 0 Å². The molecule has 1 aliphatic carbocycles. The van der Waals surface area contributed by atoms with Crippen molar-refractivity contribution in [2.45, 2.75) is 38.0 Å². The second-order valence-electron chi connectivity index (χ2n) is 4.97. The van der Waals surface area contributed by atoms with Crippen molar-refractivity contribution >= 4 is 0 Å². The van der Waals surface area contributed by atoms with E-state index in [1.54, 1.807) is 7.11 Å². The Balaban J connectivity index is 1.84. The average molecular weight is 265 g/mol. The lowest BCUT2D eigenvalue weighted by Gasteiger charge is -2.17. The monoisotopic (exact) mass is 265 g/mol. The Kier molecular flexibility index (Phi) is 5.63. The Hall–Kier alpha value is -1.10. The van der Waals surface area contributed by atoms with Crippen LogP contribution in [0.5, 0.6) is 5.75 Å². The number of hydrogen-bond acceptors (Lipinski definition) is 4. The number of hydrogen-bond donors (Lipinski definition) is 2. The molecule has 0 radical (unpaired) electrons. The first-order valence-electron chi connectivity index (χ1n) is 6.93. The van der Waals surface area contributed by atoms with Crippen LogP contribution in [0.15, 0.2) is 24.3 Å². The molecule has 0 bridgehead atoms. The van der Waals surface area contributed by atoms with Crippen LogP contribution in [-0.4, -0.2) is 37.6 Å². The summed E-state index contributed by atoms with van der Waals surface area (Å²) in [6.07, 6.45) is 2.48. The first-order valence-corrected chi connectivity index (χ1v) is 6.93. The van der Waals surface area contributed by atoms with Crippen molar-refractivity contribution < 1.29 is 14.6 Å². The van der Waals surface area contributed by atoms with Crippen molar-refractivity contribution in [2.75, 3.05) is 20.3 Å². The summed E-state index contributed by atoms with van der Waals surface area (Å²) in [4.78, 5) is 0. The maximum Gasteiger partial charge on any atom is 0.124 e. The van der Waals surface area contributed by atoms with Gasteiger partial charge in [-0.3, -0.25) is 0 Å². The van der Waals surface area contributed by atoms with Crippen LogP contribution in [0.2, 0.25) is 0 Å². The minimum absolute atomic E-state index is 0.0447. The summed E-state index contributed by atoms with van der Waals surface area (Å²) in [5, 5.41) is 13.1. The van der Waals surface area contributed by atoms with Gasteiger partial charge in [-0.05, 0) is 37.0 Å². The van der Waals surface area contributed by atoms with Gasteiger partial charge in [-0.2, -0.15) is 0 Å². The highest BCUT2D eigenvalue weighted by atomic mass is 16.5. The van der Waals surface area contributed by atoms with Crippen LogP contribution in [-0.2, 0) is 11.3 Å². The molecule has 2 rings (SSSR count). The standard InChI is InChI=1S/C15H23NO3/c1-18-9-8-16-11-12-4-2-5-13(10-12)19-15-7-3-6-14(15)17/h2,4-5,10,14-17H,3,6-9,11H2,1H3. The molecule has 0 amide bonds. The lowest BCUT2D eigenvalue weighted by atomic mass is 10.2. The van der Waals surface area contributed by atoms with Crippen molar-refractivity contribution in [2.24, 2.45) is 0 Å². The fourth-order valence-corrected chi connectivity index (χ4v) is 2.35. The highest BCUT2D eigenvalue weighted by Crippen LogP contribution is 2.25. The number of aliphatic hydroxyl groups is 1. The average Bonchev–Trinajstić information content (AvgIpc) is 2.81. The molecule has 2 atom stereocenters. The van der Waals surface area contributed by atoms with Crippen molar-refractivity contribution in [3.05, 3.63) is 29.8 Å². The van der Waals surface area contributed by atoms with Gasteiger partial charge in [-0.25, -0.2) is 0 Å². The predicted molar refractivity (Wildman–Crippen MR) is 74.3 cm³/mol. The van der Waals surface area contributed by atoms with Gasteiger partial charge >= 0.3 is 0 Å². The van der Waals surface area contributed by atoms with Crippen LogP contribution >= 0.6 is 0 Å². The Bertz CT molecular complexity index is 383. The second-order valence-corrected chi connectivity index (χ2v) is 4.97. The van der Waals surface area contributed by atoms with E-state index in [1.807, 2.05) is 18.2 Å². The minimum atomic E-state index is -0.316. The molecule has 19 heavy (non-hydrogen) atoms. The first kappa shape index (κ1) is 14.3. The fourth-order valence-electron chi connectivity index (χ4n) is 2.35. The third-order valence-corrected chi connectivity index (χ3v) is 3.42. The Morgan fingerprint density at radius 1 is 1.37 bits per heavy atom. The summed E-state index contributed by atoms with van der Waals surface area (Å²) in [7, 11) is 1.70. The molecule has 1 fully saturated rings. The van der Waals surface area contributed by atoms with Crippen molar-refractivity contribution in [1.29, 1.82) is 0 Å². The Labute approximate surface area is 114 Å². The molecule has 4 heteroatoms. The molecule has 1 aromatic carbocycles. The lowest BCUT2D eigenvalue weighted by molar-refractivity contribution is 0.0603. The van der Waals surface area contributed by atoms with Crippen LogP contribution in [0.3, 0.4) is 0 Å². The fraction of sp³-hybridized carbons (Fsp3) is 0.600. The van der Waals surface area contributed by atoms with E-state index in [4.69, 9.17) is 9.47 Å². The number of nitrogens with one attached hydrogen (secondary N) is 1. The molecule has 4 nitrogen and oxygen atoms in total. The maximum atomic E-state index is 9.77. The normalized spacial score (nSPS) is 22.6. The quantitative estimate of drug-likeness (QED) is 0.737. The highest BCUT2D eigenvalue weighted by Gasteiger charge is 2.26. The number of methoxy groups -OCH3 is 1. The molecule has 0 aromatic heterocycles. The zero-order chi connectivity index (χ0) is 13.5. The SMILES string of the molecule is COCCNCc1cccc(OC2CCCC2O)c1. The van der Waals surface area contributed by atoms with Crippen LogP contribution < -0.4 is 10.1 Å². The maximum absolute atomic E-state index is 9.77. The van der Waals surface area contributed by atoms with Crippen molar-refractivity contribution in [3.8, 4) is 5.75 Å². The van der Waals surface area contributed by atoms with Gasteiger partial charge in [0, 0.05) is 20.2 Å². The summed E-state index contributed by atoms with van der Waals surface area (Å²) >= 11 is 0. The number of aliphatic hydroxyl groups excluding tert-OH is 1. The van der Waals surface area contributed by atoms with Crippen LogP contribution in [0.25, 0.3) is 0 Å². The van der Waals surface area contributed by atoms with Crippen LogP contribution in [0, 0.1) is 0 Å². The highest BCUT2D eigenvalue weighted by molar-refractivity contribution is 5.28. The van der Waals surface area contributed by atoms with E-state index in [9.17, 15) is 5.11 Å². The molecule has 106 valence electrons. The van der Waals surface area contributed by atoms with Gasteiger partial charge in [0.1, 0.15) is 11.9 Å². The predicted octanol–water partition coefficient (Wildman–Crippen LogP) is 1.71. The Morgan fingerprint density at radius 3 is 3.00 bits per heavy atom. The van der Waals surface area contributed by atoms with Gasteiger partial charge in [0.15, 0.2) is 0 Å². The topological polar surface area (TPSA) is 50.7 Å². The zero-order valence-corrected chi connectivity index (χ0v) is 11.5. The minimum Gasteiger partial charge on any atom is -0.488 e. The van der Waals surface area contributed by atoms with E-state index in [1.165, 1.54) is 5.56 Å². The van der Waals surface area contributed by atoms with Gasteiger partial charge in [-0.1, -0.05) is 12.1 Å². The van der Waals surface area contributed by atoms with Gasteiger partial charge < -0.3 is 19.9 Å². The van der Waals surface area contributed by atoms with E-state index in [2.05, 4.69) is 11.4 Å². The molecule has 1 saturated carbocycles. The molecule has 2 unspecified atom stereocenters. The van der Waals surface area contributed by atoms with E-state index in [0.29, 0.717) is 6.61 Å². The van der Waals surface area contributed by atoms with E-state index in [-0.39, 0.29) is 12.2 Å². The van der Waals surface area contributed by atoms with Gasteiger partial charge in [0.25, 0.3) is 0 Å². The number of benzene rings is 1. The molecule has 0 heterocycles. The second kappa shape index (κ2) is 7.48. The molecule has 0 spiro atoms. The summed E-state index contributed by atoms with van der Waals surface area (Å²) in [6.45, 7) is 2.35. The summed E-state index contributed by atoms with van der Waals surface area (Å²) in [5.74, 6) is 0.844. The molecular weight excluding hydrogens is 242 g/mol. The first-order chi connectivity index (χ1) is 9.29.